The summed E-state index contributed by atoms with van der Waals surface area (Å²) in [7, 11) is -1.69. The molecule has 2 N–H and O–H groups in total. The lowest BCUT2D eigenvalue weighted by Crippen LogP contribution is -2.29. The highest BCUT2D eigenvalue weighted by atomic mass is 35.5. The molecule has 14 heavy (non-hydrogen) atoms. The average molecular weight is 222 g/mol. The van der Waals surface area contributed by atoms with Crippen molar-refractivity contribution in [3.8, 4) is 5.75 Å². The molecule has 3 nitrogen and oxygen atoms in total. The van der Waals surface area contributed by atoms with Crippen LogP contribution in [0.3, 0.4) is 0 Å². The summed E-state index contributed by atoms with van der Waals surface area (Å²) in [5.74, 6) is -0.203. The molecule has 0 spiro atoms. The summed E-state index contributed by atoms with van der Waals surface area (Å²) >= 11 is 5.54. The van der Waals surface area contributed by atoms with Gasteiger partial charge in [-0.1, -0.05) is 17.7 Å². The first-order valence-corrected chi connectivity index (χ1v) is 3.99. The maximum absolute atomic E-state index is 11.8. The van der Waals surface area contributed by atoms with Gasteiger partial charge in [-0.2, -0.15) is 8.78 Å². The second-order valence-corrected chi connectivity index (χ2v) is 2.85. The number of rotatable bonds is 3. The summed E-state index contributed by atoms with van der Waals surface area (Å²) in [5, 5.41) is 17.4. The topological polar surface area (TPSA) is 49.7 Å². The molecule has 76 valence electrons. The predicted octanol–water partition coefficient (Wildman–Crippen LogP) is 0.621. The summed E-state index contributed by atoms with van der Waals surface area (Å²) < 4.78 is 27.6. The average Bonchev–Trinajstić information content (AvgIpc) is 2.07. The molecule has 0 atom stereocenters. The van der Waals surface area contributed by atoms with E-state index in [-0.39, 0.29) is 16.2 Å². The first kappa shape index (κ1) is 11.2. The van der Waals surface area contributed by atoms with E-state index < -0.39 is 13.7 Å². The molecule has 7 heteroatoms. The standard InChI is InChI=1S/C7H6BClF2O3/c9-5-3-4(8(12)13)1-2-6(5)14-7(10)11/h1-3,7,12-13H. The van der Waals surface area contributed by atoms with E-state index in [0.717, 1.165) is 12.1 Å². The van der Waals surface area contributed by atoms with Crippen LogP contribution in [0, 0.1) is 0 Å². The third-order valence-electron chi connectivity index (χ3n) is 1.47. The van der Waals surface area contributed by atoms with Crippen LogP contribution in [0.25, 0.3) is 0 Å². The Kier molecular flexibility index (Phi) is 3.68. The number of hydrogen-bond donors (Lipinski definition) is 2. The molecular weight excluding hydrogens is 216 g/mol. The summed E-state index contributed by atoms with van der Waals surface area (Å²) in [6, 6.07) is 3.52. The van der Waals surface area contributed by atoms with Gasteiger partial charge in [0.2, 0.25) is 0 Å². The summed E-state index contributed by atoms with van der Waals surface area (Å²) in [4.78, 5) is 0. The molecule has 0 saturated carbocycles. The third kappa shape index (κ3) is 2.83. The smallest absolute Gasteiger partial charge is 0.433 e. The van der Waals surface area contributed by atoms with Gasteiger partial charge >= 0.3 is 13.7 Å². The predicted molar refractivity (Wildman–Crippen MR) is 47.9 cm³/mol. The number of ether oxygens (including phenoxy) is 1. The van der Waals surface area contributed by atoms with E-state index in [1.165, 1.54) is 6.07 Å². The first-order chi connectivity index (χ1) is 6.50. The van der Waals surface area contributed by atoms with Crippen molar-refractivity contribution in [2.75, 3.05) is 0 Å². The zero-order valence-electron chi connectivity index (χ0n) is 6.82. The molecule has 1 aromatic carbocycles. The van der Waals surface area contributed by atoms with E-state index in [2.05, 4.69) is 4.74 Å². The maximum Gasteiger partial charge on any atom is 0.488 e. The molecule has 1 aromatic rings. The molecule has 0 bridgehead atoms. The lowest BCUT2D eigenvalue weighted by atomic mass is 9.80. The van der Waals surface area contributed by atoms with Crippen molar-refractivity contribution in [3.63, 3.8) is 0 Å². The van der Waals surface area contributed by atoms with Crippen LogP contribution in [0.15, 0.2) is 18.2 Å². The summed E-state index contributed by atoms with van der Waals surface area (Å²) in [5.41, 5.74) is 0.108. The highest BCUT2D eigenvalue weighted by molar-refractivity contribution is 6.59. The maximum atomic E-state index is 11.8. The Morgan fingerprint density at radius 3 is 2.43 bits per heavy atom. The first-order valence-electron chi connectivity index (χ1n) is 3.61. The molecule has 0 radical (unpaired) electrons. The Labute approximate surface area is 84.0 Å². The molecule has 0 aliphatic carbocycles. The second-order valence-electron chi connectivity index (χ2n) is 2.44. The minimum absolute atomic E-state index is 0.101. The van der Waals surface area contributed by atoms with Gasteiger partial charge in [0.05, 0.1) is 5.02 Å². The second kappa shape index (κ2) is 4.59. The molecule has 0 aliphatic heterocycles. The van der Waals surface area contributed by atoms with Crippen LogP contribution in [0.1, 0.15) is 0 Å². The van der Waals surface area contributed by atoms with Gasteiger partial charge in [-0.3, -0.25) is 0 Å². The highest BCUT2D eigenvalue weighted by Gasteiger charge is 2.14. The minimum atomic E-state index is -2.96. The van der Waals surface area contributed by atoms with Crippen molar-refractivity contribution in [2.24, 2.45) is 0 Å². The Balaban J connectivity index is 2.90. The van der Waals surface area contributed by atoms with Crippen LogP contribution in [0.2, 0.25) is 5.02 Å². The number of alkyl halides is 2. The highest BCUT2D eigenvalue weighted by Crippen LogP contribution is 2.24. The fourth-order valence-electron chi connectivity index (χ4n) is 0.869. The lowest BCUT2D eigenvalue weighted by molar-refractivity contribution is -0.0497. The van der Waals surface area contributed by atoms with Gasteiger partial charge in [0.25, 0.3) is 0 Å². The van der Waals surface area contributed by atoms with Gasteiger partial charge in [0.1, 0.15) is 5.75 Å². The van der Waals surface area contributed by atoms with Crippen molar-refractivity contribution < 1.29 is 23.6 Å². The van der Waals surface area contributed by atoms with Gasteiger partial charge in [0, 0.05) is 0 Å². The van der Waals surface area contributed by atoms with Crippen LogP contribution >= 0.6 is 11.6 Å². The molecule has 0 aromatic heterocycles. The van der Waals surface area contributed by atoms with E-state index in [4.69, 9.17) is 21.6 Å². The molecular formula is C7H6BClF2O3. The summed E-state index contributed by atoms with van der Waals surface area (Å²) in [6.07, 6.45) is 0. The molecule has 0 fully saturated rings. The van der Waals surface area contributed by atoms with Crippen LogP contribution in [0.5, 0.6) is 5.75 Å². The fourth-order valence-corrected chi connectivity index (χ4v) is 1.10. The van der Waals surface area contributed by atoms with Crippen molar-refractivity contribution in [2.45, 2.75) is 6.61 Å². The van der Waals surface area contributed by atoms with Crippen LogP contribution in [-0.4, -0.2) is 23.8 Å². The van der Waals surface area contributed by atoms with Gasteiger partial charge in [-0.25, -0.2) is 0 Å². The van der Waals surface area contributed by atoms with Gasteiger partial charge in [0.15, 0.2) is 0 Å². The van der Waals surface area contributed by atoms with Crippen LogP contribution < -0.4 is 10.2 Å². The SMILES string of the molecule is OB(O)c1ccc(OC(F)F)c(Cl)c1. The molecule has 0 amide bonds. The van der Waals surface area contributed by atoms with E-state index in [1.54, 1.807) is 0 Å². The van der Waals surface area contributed by atoms with Crippen molar-refractivity contribution >= 4 is 24.2 Å². The monoisotopic (exact) mass is 222 g/mol. The number of benzene rings is 1. The Morgan fingerprint density at radius 1 is 1.36 bits per heavy atom. The normalized spacial score (nSPS) is 10.4. The van der Waals surface area contributed by atoms with E-state index in [1.807, 2.05) is 0 Å². The molecule has 0 saturated heterocycles. The molecule has 0 heterocycles. The Bertz CT molecular complexity index is 322. The van der Waals surface area contributed by atoms with E-state index in [9.17, 15) is 8.78 Å². The Morgan fingerprint density at radius 2 is 2.00 bits per heavy atom. The number of hydrogen-bond acceptors (Lipinski definition) is 3. The zero-order valence-corrected chi connectivity index (χ0v) is 7.58. The Hall–Kier alpha value is -0.845. The molecule has 0 unspecified atom stereocenters. The van der Waals surface area contributed by atoms with E-state index in [0.29, 0.717) is 0 Å². The molecule has 0 aliphatic rings. The van der Waals surface area contributed by atoms with Crippen LogP contribution in [-0.2, 0) is 0 Å². The lowest BCUT2D eigenvalue weighted by Gasteiger charge is -2.07. The third-order valence-corrected chi connectivity index (χ3v) is 1.77. The van der Waals surface area contributed by atoms with Gasteiger partial charge in [-0.15, -0.1) is 0 Å². The minimum Gasteiger partial charge on any atom is -0.433 e. The fraction of sp³-hybridized carbons (Fsp3) is 0.143. The quantitative estimate of drug-likeness (QED) is 0.737. The van der Waals surface area contributed by atoms with Crippen molar-refractivity contribution in [1.82, 2.24) is 0 Å². The van der Waals surface area contributed by atoms with Gasteiger partial charge < -0.3 is 14.8 Å². The van der Waals surface area contributed by atoms with Crippen molar-refractivity contribution in [1.29, 1.82) is 0 Å². The van der Waals surface area contributed by atoms with Crippen LogP contribution in [0.4, 0.5) is 8.78 Å². The molecule has 1 rings (SSSR count). The van der Waals surface area contributed by atoms with E-state index >= 15 is 0 Å². The zero-order chi connectivity index (χ0) is 10.7. The number of halogens is 3. The summed E-state index contributed by atoms with van der Waals surface area (Å²) in [6.45, 7) is -2.96. The van der Waals surface area contributed by atoms with Gasteiger partial charge in [-0.05, 0) is 17.6 Å². The largest absolute Gasteiger partial charge is 0.488 e. The van der Waals surface area contributed by atoms with Crippen molar-refractivity contribution in [3.05, 3.63) is 23.2 Å².